The summed E-state index contributed by atoms with van der Waals surface area (Å²) in [4.78, 5) is 12.1. The molecule has 3 heteroatoms. The normalized spacial score (nSPS) is 34.9. The van der Waals surface area contributed by atoms with Gasteiger partial charge in [0.2, 0.25) is 0 Å². The second-order valence-electron chi connectivity index (χ2n) is 9.15. The van der Waals surface area contributed by atoms with Crippen molar-refractivity contribution in [3.05, 3.63) is 12.2 Å². The minimum Gasteiger partial charge on any atom is -0.459 e. The van der Waals surface area contributed by atoms with Crippen LogP contribution in [0.1, 0.15) is 72.1 Å². The molecule has 2 fully saturated rings. The monoisotopic (exact) mass is 364 g/mol. The predicted octanol–water partition coefficient (Wildman–Crippen LogP) is 5.86. The van der Waals surface area contributed by atoms with E-state index in [9.17, 15) is 4.79 Å². The Morgan fingerprint density at radius 1 is 1.12 bits per heavy atom. The van der Waals surface area contributed by atoms with Crippen LogP contribution < -0.4 is 0 Å². The molecule has 0 amide bonds. The summed E-state index contributed by atoms with van der Waals surface area (Å²) < 4.78 is 5.59. The van der Waals surface area contributed by atoms with Crippen molar-refractivity contribution in [1.29, 1.82) is 0 Å². The minimum absolute atomic E-state index is 0.0367. The van der Waals surface area contributed by atoms with Crippen LogP contribution in [0, 0.1) is 29.6 Å². The Balaban J connectivity index is 1.47. The summed E-state index contributed by atoms with van der Waals surface area (Å²) in [6, 6.07) is 0. The number of carbonyl (C=O) groups is 1. The van der Waals surface area contributed by atoms with Gasteiger partial charge in [-0.25, -0.2) is 0 Å². The number of hydrogen-bond donors (Lipinski definition) is 0. The highest BCUT2D eigenvalue weighted by atomic mass is 32.2. The topological polar surface area (TPSA) is 26.3 Å². The highest BCUT2D eigenvalue weighted by molar-refractivity contribution is 7.99. The van der Waals surface area contributed by atoms with Gasteiger partial charge < -0.3 is 4.74 Å². The summed E-state index contributed by atoms with van der Waals surface area (Å²) in [5.74, 6) is 6.22. The zero-order chi connectivity index (χ0) is 17.9. The molecule has 25 heavy (non-hydrogen) atoms. The van der Waals surface area contributed by atoms with Gasteiger partial charge in [0.15, 0.2) is 0 Å². The summed E-state index contributed by atoms with van der Waals surface area (Å²) in [7, 11) is 0. The molecule has 0 radical (unpaired) electrons. The van der Waals surface area contributed by atoms with Gasteiger partial charge in [0.25, 0.3) is 0 Å². The first-order valence-corrected chi connectivity index (χ1v) is 11.6. The maximum atomic E-state index is 12.1. The van der Waals surface area contributed by atoms with Gasteiger partial charge in [-0.15, -0.1) is 11.8 Å². The Bertz CT molecular complexity index is 484. The third kappa shape index (κ3) is 5.05. The SMILES string of the molecule is CCC(C)(C)OC(=O)CSCC1CCC[C@@H]2C[C@@H]3CC=CC[C@@H]3C[C@H]12. The van der Waals surface area contributed by atoms with E-state index in [1.54, 1.807) is 0 Å². The Kier molecular flexibility index (Phi) is 6.57. The molecule has 2 saturated carbocycles. The van der Waals surface area contributed by atoms with E-state index in [-0.39, 0.29) is 11.6 Å². The standard InChI is InChI=1S/C22H36O2S/c1-4-22(2,3)24-21(23)15-25-14-19-11-7-10-18-12-16-8-5-6-9-17(16)13-20(18)19/h5-6,16-20H,4,7-15H2,1-3H3/t16-,17+,18+,19?,20-/m0/s1. The van der Waals surface area contributed by atoms with E-state index in [1.807, 2.05) is 25.6 Å². The molecule has 0 aromatic carbocycles. The molecule has 0 spiro atoms. The molecule has 0 aromatic heterocycles. The first-order valence-electron chi connectivity index (χ1n) is 10.4. The molecule has 0 saturated heterocycles. The van der Waals surface area contributed by atoms with Gasteiger partial charge >= 0.3 is 5.97 Å². The molecule has 0 heterocycles. The second kappa shape index (κ2) is 8.50. The zero-order valence-electron chi connectivity index (χ0n) is 16.3. The number of fused-ring (bicyclic) bond motifs is 2. The maximum absolute atomic E-state index is 12.1. The molecule has 3 aliphatic rings. The van der Waals surface area contributed by atoms with E-state index in [1.165, 1.54) is 44.9 Å². The van der Waals surface area contributed by atoms with Crippen LogP contribution >= 0.6 is 11.8 Å². The number of thioether (sulfide) groups is 1. The summed E-state index contributed by atoms with van der Waals surface area (Å²) in [6.07, 6.45) is 15.5. The van der Waals surface area contributed by atoms with Crippen LogP contribution in [0.25, 0.3) is 0 Å². The van der Waals surface area contributed by atoms with Crippen molar-refractivity contribution >= 4 is 17.7 Å². The van der Waals surface area contributed by atoms with E-state index in [4.69, 9.17) is 4.74 Å². The van der Waals surface area contributed by atoms with Crippen molar-refractivity contribution in [1.82, 2.24) is 0 Å². The molecule has 0 N–H and O–H groups in total. The van der Waals surface area contributed by atoms with Crippen LogP contribution in [-0.4, -0.2) is 23.1 Å². The molecule has 142 valence electrons. The molecular weight excluding hydrogens is 328 g/mol. The van der Waals surface area contributed by atoms with Gasteiger partial charge in [0.05, 0.1) is 5.75 Å². The van der Waals surface area contributed by atoms with Crippen LogP contribution in [0.3, 0.4) is 0 Å². The van der Waals surface area contributed by atoms with E-state index in [2.05, 4.69) is 19.1 Å². The Morgan fingerprint density at radius 3 is 2.56 bits per heavy atom. The lowest BCUT2D eigenvalue weighted by Crippen LogP contribution is -2.39. The summed E-state index contributed by atoms with van der Waals surface area (Å²) in [5.41, 5.74) is -0.319. The van der Waals surface area contributed by atoms with Crippen molar-refractivity contribution < 1.29 is 9.53 Å². The largest absolute Gasteiger partial charge is 0.459 e. The van der Waals surface area contributed by atoms with Crippen molar-refractivity contribution in [3.8, 4) is 0 Å². The second-order valence-corrected chi connectivity index (χ2v) is 10.2. The molecule has 0 bridgehead atoms. The lowest BCUT2D eigenvalue weighted by atomic mass is 9.58. The molecule has 0 aromatic rings. The molecule has 5 atom stereocenters. The van der Waals surface area contributed by atoms with Crippen molar-refractivity contribution in [2.24, 2.45) is 29.6 Å². The van der Waals surface area contributed by atoms with Gasteiger partial charge in [-0.3, -0.25) is 4.79 Å². The average molecular weight is 365 g/mol. The number of ether oxygens (including phenoxy) is 1. The Labute approximate surface area is 158 Å². The number of rotatable bonds is 6. The molecular formula is C22H36O2S. The van der Waals surface area contributed by atoms with Gasteiger partial charge in [0.1, 0.15) is 5.60 Å². The van der Waals surface area contributed by atoms with E-state index < -0.39 is 0 Å². The first-order chi connectivity index (χ1) is 12.0. The summed E-state index contributed by atoms with van der Waals surface area (Å²) in [5, 5.41) is 0. The highest BCUT2D eigenvalue weighted by Gasteiger charge is 2.41. The molecule has 1 unspecified atom stereocenters. The van der Waals surface area contributed by atoms with Gasteiger partial charge in [-0.05, 0) is 87.7 Å². The fourth-order valence-electron chi connectivity index (χ4n) is 5.29. The van der Waals surface area contributed by atoms with Gasteiger partial charge in [-0.2, -0.15) is 0 Å². The van der Waals surface area contributed by atoms with Crippen LogP contribution in [0.4, 0.5) is 0 Å². The fraction of sp³-hybridized carbons (Fsp3) is 0.864. The molecule has 3 aliphatic carbocycles. The number of esters is 1. The van der Waals surface area contributed by atoms with Crippen molar-refractivity contribution in [3.63, 3.8) is 0 Å². The predicted molar refractivity (Wildman–Crippen MR) is 107 cm³/mol. The van der Waals surface area contributed by atoms with Gasteiger partial charge in [0, 0.05) is 0 Å². The third-order valence-electron chi connectivity index (χ3n) is 7.05. The first kappa shape index (κ1) is 19.3. The summed E-state index contributed by atoms with van der Waals surface area (Å²) in [6.45, 7) is 6.07. The average Bonchev–Trinajstić information content (AvgIpc) is 2.60. The molecule has 2 nitrogen and oxygen atoms in total. The fourth-order valence-corrected chi connectivity index (χ4v) is 6.35. The minimum atomic E-state index is -0.319. The number of carbonyl (C=O) groups excluding carboxylic acids is 1. The third-order valence-corrected chi connectivity index (χ3v) is 8.15. The summed E-state index contributed by atoms with van der Waals surface area (Å²) >= 11 is 1.82. The Hall–Kier alpha value is -0.440. The van der Waals surface area contributed by atoms with E-state index in [0.29, 0.717) is 5.75 Å². The lowest BCUT2D eigenvalue weighted by Gasteiger charge is -2.48. The van der Waals surface area contributed by atoms with Crippen molar-refractivity contribution in [2.75, 3.05) is 11.5 Å². The highest BCUT2D eigenvalue weighted by Crippen LogP contribution is 2.51. The van der Waals surface area contributed by atoms with Crippen LogP contribution in [0.15, 0.2) is 12.2 Å². The smallest absolute Gasteiger partial charge is 0.316 e. The zero-order valence-corrected chi connectivity index (χ0v) is 17.2. The quantitative estimate of drug-likeness (QED) is 0.436. The van der Waals surface area contributed by atoms with Crippen LogP contribution in [0.5, 0.6) is 0 Å². The van der Waals surface area contributed by atoms with Crippen LogP contribution in [0.2, 0.25) is 0 Å². The Morgan fingerprint density at radius 2 is 1.84 bits per heavy atom. The molecule has 0 aliphatic heterocycles. The van der Waals surface area contributed by atoms with Gasteiger partial charge in [-0.1, -0.05) is 31.9 Å². The molecule has 3 rings (SSSR count). The maximum Gasteiger partial charge on any atom is 0.316 e. The van der Waals surface area contributed by atoms with Crippen LogP contribution in [-0.2, 0) is 9.53 Å². The van der Waals surface area contributed by atoms with E-state index >= 15 is 0 Å². The van der Waals surface area contributed by atoms with Crippen molar-refractivity contribution in [2.45, 2.75) is 77.7 Å². The van der Waals surface area contributed by atoms with E-state index in [0.717, 1.165) is 41.8 Å². The number of allylic oxidation sites excluding steroid dienone is 2. The number of hydrogen-bond acceptors (Lipinski definition) is 3. The lowest BCUT2D eigenvalue weighted by molar-refractivity contribution is -0.153.